The number of nitrogens with zero attached hydrogens (tertiary/aromatic N) is 1. The van der Waals surface area contributed by atoms with Crippen LogP contribution in [0.1, 0.15) is 23.8 Å². The van der Waals surface area contributed by atoms with Gasteiger partial charge in [0.2, 0.25) is 0 Å². The summed E-state index contributed by atoms with van der Waals surface area (Å²) in [7, 11) is 0. The Morgan fingerprint density at radius 3 is 2.90 bits per heavy atom. The molecule has 1 amide bonds. The van der Waals surface area contributed by atoms with Crippen molar-refractivity contribution in [1.82, 2.24) is 10.3 Å². The van der Waals surface area contributed by atoms with Crippen LogP contribution in [-0.2, 0) is 0 Å². The number of carbonyl (C=O) groups is 1. The molecule has 3 rings (SSSR count). The monoisotopic (exact) mass is 270 g/mol. The van der Waals surface area contributed by atoms with Gasteiger partial charge in [0, 0.05) is 11.9 Å². The Kier molecular flexibility index (Phi) is 3.28. The summed E-state index contributed by atoms with van der Waals surface area (Å²) in [6.45, 7) is 2.92. The maximum Gasteiger partial charge on any atom is 0.269 e. The number of fused-ring (bicyclic) bond motifs is 1. The number of benzene rings is 1. The molecule has 2 unspecified atom stereocenters. The smallest absolute Gasteiger partial charge is 0.269 e. The Labute approximate surface area is 117 Å². The maximum atomic E-state index is 12.2. The van der Waals surface area contributed by atoms with Crippen LogP contribution >= 0.6 is 0 Å². The number of hydrogen-bond acceptors (Lipinski definition) is 4. The average Bonchev–Trinajstić information content (AvgIpc) is 3.19. The molecular weight excluding hydrogens is 252 g/mol. The summed E-state index contributed by atoms with van der Waals surface area (Å²) in [4.78, 5) is 16.5. The number of nitrogen functional groups attached to an aromatic ring is 1. The van der Waals surface area contributed by atoms with E-state index in [0.717, 1.165) is 23.4 Å². The van der Waals surface area contributed by atoms with Gasteiger partial charge in [-0.25, -0.2) is 4.98 Å². The van der Waals surface area contributed by atoms with Crippen LogP contribution in [0, 0.1) is 11.8 Å². The first-order valence-electron chi connectivity index (χ1n) is 6.83. The summed E-state index contributed by atoms with van der Waals surface area (Å²) >= 11 is 0. The van der Waals surface area contributed by atoms with E-state index in [1.165, 1.54) is 6.42 Å². The van der Waals surface area contributed by atoms with Crippen molar-refractivity contribution in [3.8, 4) is 0 Å². The number of pyridine rings is 1. The number of anilines is 1. The molecule has 1 heterocycles. The van der Waals surface area contributed by atoms with E-state index in [1.54, 1.807) is 6.07 Å². The quantitative estimate of drug-likeness (QED) is 0.585. The Morgan fingerprint density at radius 2 is 2.20 bits per heavy atom. The van der Waals surface area contributed by atoms with Crippen molar-refractivity contribution in [1.29, 1.82) is 0 Å². The molecule has 1 aromatic carbocycles. The largest absolute Gasteiger partial charge is 0.350 e. The predicted octanol–water partition coefficient (Wildman–Crippen LogP) is 1.91. The van der Waals surface area contributed by atoms with E-state index in [2.05, 4.69) is 22.7 Å². The summed E-state index contributed by atoms with van der Waals surface area (Å²) in [5.41, 5.74) is 4.49. The van der Waals surface area contributed by atoms with Crippen LogP contribution in [0.25, 0.3) is 10.9 Å². The highest BCUT2D eigenvalue weighted by atomic mass is 16.1. The zero-order valence-corrected chi connectivity index (χ0v) is 11.4. The van der Waals surface area contributed by atoms with Crippen LogP contribution in [0.4, 0.5) is 5.69 Å². The molecule has 1 aliphatic rings. The average molecular weight is 270 g/mol. The van der Waals surface area contributed by atoms with Gasteiger partial charge in [0.1, 0.15) is 5.69 Å². The van der Waals surface area contributed by atoms with Crippen LogP contribution in [0.2, 0.25) is 0 Å². The summed E-state index contributed by atoms with van der Waals surface area (Å²) in [6, 6.07) is 9.29. The van der Waals surface area contributed by atoms with Crippen molar-refractivity contribution in [2.75, 3.05) is 12.0 Å². The lowest BCUT2D eigenvalue weighted by molar-refractivity contribution is 0.0947. The van der Waals surface area contributed by atoms with E-state index in [0.29, 0.717) is 17.3 Å². The number of amides is 1. The minimum atomic E-state index is -0.147. The summed E-state index contributed by atoms with van der Waals surface area (Å²) in [5, 5.41) is 3.84. The Morgan fingerprint density at radius 1 is 1.45 bits per heavy atom. The lowest BCUT2D eigenvalue weighted by Crippen LogP contribution is -2.27. The van der Waals surface area contributed by atoms with Crippen molar-refractivity contribution in [3.05, 3.63) is 36.0 Å². The molecule has 2 atom stereocenters. The number of para-hydroxylation sites is 1. The molecule has 1 fully saturated rings. The molecule has 5 nitrogen and oxygen atoms in total. The van der Waals surface area contributed by atoms with Gasteiger partial charge in [-0.05, 0) is 30.4 Å². The van der Waals surface area contributed by atoms with Crippen molar-refractivity contribution < 1.29 is 4.79 Å². The second-order valence-electron chi connectivity index (χ2n) is 5.40. The SMILES string of the molecule is CC1CC1CNC(=O)c1cc(NN)c2ccccc2n1. The standard InChI is InChI=1S/C15H18N4O/c1-9-6-10(9)8-17-15(20)14-7-13(19-16)11-4-2-3-5-12(11)18-14/h2-5,7,9-10H,6,8,16H2,1H3,(H,17,20)(H,18,19). The van der Waals surface area contributed by atoms with Crippen LogP contribution in [-0.4, -0.2) is 17.4 Å². The molecule has 0 spiro atoms. The Hall–Kier alpha value is -2.14. The number of nitrogens with one attached hydrogen (secondary N) is 2. The van der Waals surface area contributed by atoms with Gasteiger partial charge in [0.25, 0.3) is 5.91 Å². The van der Waals surface area contributed by atoms with Gasteiger partial charge in [-0.1, -0.05) is 25.1 Å². The molecule has 0 radical (unpaired) electrons. The van der Waals surface area contributed by atoms with Gasteiger partial charge in [-0.15, -0.1) is 0 Å². The number of hydrogen-bond donors (Lipinski definition) is 3. The number of rotatable bonds is 4. The molecule has 4 N–H and O–H groups in total. The third kappa shape index (κ3) is 2.44. The van der Waals surface area contributed by atoms with Crippen LogP contribution in [0.3, 0.4) is 0 Å². The number of hydrazine groups is 1. The van der Waals surface area contributed by atoms with Crippen molar-refractivity contribution >= 4 is 22.5 Å². The fourth-order valence-corrected chi connectivity index (χ4v) is 2.41. The number of carbonyl (C=O) groups excluding carboxylic acids is 1. The summed E-state index contributed by atoms with van der Waals surface area (Å²) in [5.74, 6) is 6.72. The lowest BCUT2D eigenvalue weighted by Gasteiger charge is -2.09. The fraction of sp³-hybridized carbons (Fsp3) is 0.333. The van der Waals surface area contributed by atoms with Crippen LogP contribution in [0.5, 0.6) is 0 Å². The molecular formula is C15H18N4O. The van der Waals surface area contributed by atoms with E-state index < -0.39 is 0 Å². The molecule has 104 valence electrons. The van der Waals surface area contributed by atoms with E-state index in [1.807, 2.05) is 24.3 Å². The van der Waals surface area contributed by atoms with Gasteiger partial charge >= 0.3 is 0 Å². The van der Waals surface area contributed by atoms with Crippen LogP contribution < -0.4 is 16.6 Å². The van der Waals surface area contributed by atoms with E-state index in [9.17, 15) is 4.79 Å². The first-order valence-corrected chi connectivity index (χ1v) is 6.83. The summed E-state index contributed by atoms with van der Waals surface area (Å²) < 4.78 is 0. The third-order valence-corrected chi connectivity index (χ3v) is 3.91. The molecule has 1 aromatic heterocycles. The minimum Gasteiger partial charge on any atom is -0.350 e. The molecule has 1 aliphatic carbocycles. The van der Waals surface area contributed by atoms with Crippen molar-refractivity contribution in [2.24, 2.45) is 17.7 Å². The summed E-state index contributed by atoms with van der Waals surface area (Å²) in [6.07, 6.45) is 1.20. The van der Waals surface area contributed by atoms with Gasteiger partial charge < -0.3 is 10.7 Å². The second kappa shape index (κ2) is 5.09. The third-order valence-electron chi connectivity index (χ3n) is 3.91. The van der Waals surface area contributed by atoms with Crippen molar-refractivity contribution in [2.45, 2.75) is 13.3 Å². The van der Waals surface area contributed by atoms with Gasteiger partial charge in [0.15, 0.2) is 0 Å². The van der Waals surface area contributed by atoms with Crippen molar-refractivity contribution in [3.63, 3.8) is 0 Å². The minimum absolute atomic E-state index is 0.147. The van der Waals surface area contributed by atoms with E-state index >= 15 is 0 Å². The molecule has 2 aromatic rings. The fourth-order valence-electron chi connectivity index (χ4n) is 2.41. The highest BCUT2D eigenvalue weighted by molar-refractivity contribution is 5.99. The predicted molar refractivity (Wildman–Crippen MR) is 79.2 cm³/mol. The highest BCUT2D eigenvalue weighted by Crippen LogP contribution is 2.36. The Bertz CT molecular complexity index is 655. The number of aromatic nitrogens is 1. The normalized spacial score (nSPS) is 20.7. The molecule has 20 heavy (non-hydrogen) atoms. The van der Waals surface area contributed by atoms with Crippen LogP contribution in [0.15, 0.2) is 30.3 Å². The lowest BCUT2D eigenvalue weighted by atomic mass is 10.1. The second-order valence-corrected chi connectivity index (χ2v) is 5.40. The zero-order chi connectivity index (χ0) is 14.1. The van der Waals surface area contributed by atoms with Gasteiger partial charge in [-0.3, -0.25) is 10.6 Å². The molecule has 1 saturated carbocycles. The number of nitrogens with two attached hydrogens (primary N) is 1. The van der Waals surface area contributed by atoms with E-state index in [4.69, 9.17) is 5.84 Å². The molecule has 5 heteroatoms. The topological polar surface area (TPSA) is 80.0 Å². The first kappa shape index (κ1) is 12.9. The molecule has 0 bridgehead atoms. The van der Waals surface area contributed by atoms with Gasteiger partial charge in [0.05, 0.1) is 11.2 Å². The highest BCUT2D eigenvalue weighted by Gasteiger charge is 2.32. The zero-order valence-electron chi connectivity index (χ0n) is 11.4. The first-order chi connectivity index (χ1) is 9.69. The van der Waals surface area contributed by atoms with E-state index in [-0.39, 0.29) is 5.91 Å². The molecule has 0 saturated heterocycles. The Balaban J connectivity index is 1.85. The maximum absolute atomic E-state index is 12.2. The molecule has 0 aliphatic heterocycles. The van der Waals surface area contributed by atoms with Gasteiger partial charge in [-0.2, -0.15) is 0 Å².